The van der Waals surface area contributed by atoms with Gasteiger partial charge in [-0.05, 0) is 37.1 Å². The molecule has 0 N–H and O–H groups in total. The van der Waals surface area contributed by atoms with E-state index in [1.54, 1.807) is 12.1 Å². The summed E-state index contributed by atoms with van der Waals surface area (Å²) in [5.74, 6) is 1.04. The number of morpholine rings is 2. The molecule has 9 heteroatoms. The lowest BCUT2D eigenvalue weighted by Crippen LogP contribution is -2.51. The van der Waals surface area contributed by atoms with Crippen molar-refractivity contribution in [3.05, 3.63) is 29.3 Å². The predicted molar refractivity (Wildman–Crippen MR) is 124 cm³/mol. The summed E-state index contributed by atoms with van der Waals surface area (Å²) in [5.41, 5.74) is -0.301. The highest BCUT2D eigenvalue weighted by molar-refractivity contribution is 6.30. The molecule has 3 aliphatic heterocycles. The van der Waals surface area contributed by atoms with Gasteiger partial charge in [0.15, 0.2) is 0 Å². The Kier molecular flexibility index (Phi) is 8.46. The molecule has 0 atom stereocenters. The molecule has 2 amide bonds. The first-order chi connectivity index (χ1) is 16.0. The second-order valence-electron chi connectivity index (χ2n) is 9.18. The number of carbonyl (C=O) groups excluding carboxylic acids is 2. The Hall–Kier alpha value is -1.87. The van der Waals surface area contributed by atoms with Crippen LogP contribution in [0.5, 0.6) is 5.75 Å². The molecule has 182 valence electrons. The number of piperidine rings is 1. The van der Waals surface area contributed by atoms with Gasteiger partial charge in [0.05, 0.1) is 39.6 Å². The smallest absolute Gasteiger partial charge is 0.236 e. The Morgan fingerprint density at radius 1 is 0.848 bits per heavy atom. The lowest BCUT2D eigenvalue weighted by Gasteiger charge is -2.42. The number of carbonyl (C=O) groups is 2. The first kappa shape index (κ1) is 24.3. The van der Waals surface area contributed by atoms with Gasteiger partial charge in [0.25, 0.3) is 0 Å². The maximum Gasteiger partial charge on any atom is 0.236 e. The Bertz CT molecular complexity index is 786. The molecule has 3 heterocycles. The zero-order chi connectivity index (χ0) is 23.1. The first-order valence-electron chi connectivity index (χ1n) is 11.8. The minimum Gasteiger partial charge on any atom is -0.493 e. The summed E-state index contributed by atoms with van der Waals surface area (Å²) in [5, 5.41) is 0.659. The number of ether oxygens (including phenoxy) is 3. The third-order valence-corrected chi connectivity index (χ3v) is 7.14. The Morgan fingerprint density at radius 3 is 2.06 bits per heavy atom. The quantitative estimate of drug-likeness (QED) is 0.595. The van der Waals surface area contributed by atoms with Gasteiger partial charge in [-0.1, -0.05) is 11.6 Å². The van der Waals surface area contributed by atoms with Gasteiger partial charge in [0, 0.05) is 56.1 Å². The van der Waals surface area contributed by atoms with Gasteiger partial charge in [-0.3, -0.25) is 14.5 Å². The zero-order valence-corrected chi connectivity index (χ0v) is 19.9. The van der Waals surface area contributed by atoms with Gasteiger partial charge in [-0.2, -0.15) is 0 Å². The van der Waals surface area contributed by atoms with Crippen LogP contribution in [-0.2, 0) is 19.1 Å². The monoisotopic (exact) mass is 479 g/mol. The largest absolute Gasteiger partial charge is 0.493 e. The number of amides is 2. The van der Waals surface area contributed by atoms with E-state index in [1.807, 2.05) is 21.9 Å². The molecule has 3 saturated heterocycles. The van der Waals surface area contributed by atoms with Crippen LogP contribution in [0, 0.1) is 5.41 Å². The predicted octanol–water partition coefficient (Wildman–Crippen LogP) is 1.91. The summed E-state index contributed by atoms with van der Waals surface area (Å²) in [6.45, 7) is 7.57. The van der Waals surface area contributed by atoms with Gasteiger partial charge >= 0.3 is 0 Å². The highest BCUT2D eigenvalue weighted by atomic mass is 35.5. The van der Waals surface area contributed by atoms with Crippen LogP contribution in [-0.4, -0.2) is 105 Å². The van der Waals surface area contributed by atoms with Crippen molar-refractivity contribution in [2.24, 2.45) is 5.41 Å². The maximum atomic E-state index is 13.1. The molecule has 8 nitrogen and oxygen atoms in total. The highest BCUT2D eigenvalue weighted by Gasteiger charge is 2.40. The van der Waals surface area contributed by atoms with Crippen molar-refractivity contribution in [3.63, 3.8) is 0 Å². The van der Waals surface area contributed by atoms with E-state index in [9.17, 15) is 9.59 Å². The summed E-state index contributed by atoms with van der Waals surface area (Å²) in [6, 6.07) is 7.30. The van der Waals surface area contributed by atoms with Gasteiger partial charge in [0.1, 0.15) is 5.75 Å². The third-order valence-electron chi connectivity index (χ3n) is 6.89. The number of benzene rings is 1. The Balaban J connectivity index is 1.37. The van der Waals surface area contributed by atoms with Crippen LogP contribution >= 0.6 is 11.6 Å². The summed E-state index contributed by atoms with van der Waals surface area (Å²) >= 11 is 5.99. The second-order valence-corrected chi connectivity index (χ2v) is 9.62. The number of halogens is 1. The van der Waals surface area contributed by atoms with Crippen LogP contribution in [0.4, 0.5) is 0 Å². The lowest BCUT2D eigenvalue weighted by atomic mass is 9.75. The van der Waals surface area contributed by atoms with E-state index in [0.717, 1.165) is 31.7 Å². The molecule has 0 spiro atoms. The average molecular weight is 480 g/mol. The second kappa shape index (κ2) is 11.5. The van der Waals surface area contributed by atoms with E-state index in [1.165, 1.54) is 0 Å². The van der Waals surface area contributed by atoms with Crippen molar-refractivity contribution in [3.8, 4) is 5.75 Å². The van der Waals surface area contributed by atoms with E-state index in [0.29, 0.717) is 77.2 Å². The number of nitrogens with zero attached hydrogens (tertiary/aromatic N) is 3. The number of hydrogen-bond donors (Lipinski definition) is 0. The average Bonchev–Trinajstić information content (AvgIpc) is 2.85. The number of hydrogen-bond acceptors (Lipinski definition) is 6. The third kappa shape index (κ3) is 6.82. The molecule has 1 aromatic carbocycles. The molecule has 1 aromatic rings. The van der Waals surface area contributed by atoms with Crippen LogP contribution < -0.4 is 4.74 Å². The summed E-state index contributed by atoms with van der Waals surface area (Å²) < 4.78 is 16.9. The van der Waals surface area contributed by atoms with Crippen LogP contribution in [0.2, 0.25) is 5.02 Å². The van der Waals surface area contributed by atoms with Gasteiger partial charge in [0.2, 0.25) is 11.8 Å². The van der Waals surface area contributed by atoms with E-state index in [4.69, 9.17) is 25.8 Å². The fourth-order valence-corrected chi connectivity index (χ4v) is 4.79. The fraction of sp³-hybridized carbons (Fsp3) is 0.667. The van der Waals surface area contributed by atoms with Crippen LogP contribution in [0.25, 0.3) is 0 Å². The molecular formula is C24H34ClN3O5. The molecule has 0 saturated carbocycles. The first-order valence-corrected chi connectivity index (χ1v) is 12.2. The topological polar surface area (TPSA) is 71.6 Å². The molecule has 3 fully saturated rings. The van der Waals surface area contributed by atoms with Gasteiger partial charge in [-0.25, -0.2) is 0 Å². The summed E-state index contributed by atoms with van der Waals surface area (Å²) in [6.07, 6.45) is 1.91. The Labute approximate surface area is 200 Å². The maximum absolute atomic E-state index is 13.1. The fourth-order valence-electron chi connectivity index (χ4n) is 4.67. The Morgan fingerprint density at radius 2 is 1.42 bits per heavy atom. The normalized spacial score (nSPS) is 21.6. The van der Waals surface area contributed by atoms with E-state index in [-0.39, 0.29) is 17.2 Å². The highest BCUT2D eigenvalue weighted by Crippen LogP contribution is 2.37. The SMILES string of the molecule is O=C(CN1CCOCC1)N1CCC(COc2ccc(Cl)cc2)(CC(=O)N2CCOCC2)CC1. The molecule has 0 radical (unpaired) electrons. The molecule has 0 bridgehead atoms. The molecule has 0 unspecified atom stereocenters. The zero-order valence-electron chi connectivity index (χ0n) is 19.2. The van der Waals surface area contributed by atoms with Crippen molar-refractivity contribution in [2.75, 3.05) is 78.8 Å². The standard InChI is InChI=1S/C24H34ClN3O5/c25-20-1-3-21(4-2-20)33-19-24(17-22(29)28-11-15-32-16-12-28)5-7-27(8-6-24)23(30)18-26-9-13-31-14-10-26/h1-4H,5-19H2. The van der Waals surface area contributed by atoms with Gasteiger partial charge in [-0.15, -0.1) is 0 Å². The van der Waals surface area contributed by atoms with E-state index in [2.05, 4.69) is 4.90 Å². The molecule has 4 rings (SSSR count). The lowest BCUT2D eigenvalue weighted by molar-refractivity contribution is -0.141. The van der Waals surface area contributed by atoms with Crippen molar-refractivity contribution in [1.29, 1.82) is 0 Å². The van der Waals surface area contributed by atoms with Crippen LogP contribution in [0.15, 0.2) is 24.3 Å². The van der Waals surface area contributed by atoms with Crippen molar-refractivity contribution >= 4 is 23.4 Å². The summed E-state index contributed by atoms with van der Waals surface area (Å²) in [4.78, 5) is 32.0. The van der Waals surface area contributed by atoms with Crippen molar-refractivity contribution in [2.45, 2.75) is 19.3 Å². The molecule has 0 aromatic heterocycles. The molecular weight excluding hydrogens is 446 g/mol. The van der Waals surface area contributed by atoms with Crippen LogP contribution in [0.3, 0.4) is 0 Å². The van der Waals surface area contributed by atoms with Gasteiger partial charge < -0.3 is 24.0 Å². The van der Waals surface area contributed by atoms with E-state index >= 15 is 0 Å². The number of likely N-dealkylation sites (tertiary alicyclic amines) is 1. The van der Waals surface area contributed by atoms with Crippen LogP contribution in [0.1, 0.15) is 19.3 Å². The minimum atomic E-state index is -0.301. The molecule has 33 heavy (non-hydrogen) atoms. The number of rotatable bonds is 7. The molecule has 0 aliphatic carbocycles. The summed E-state index contributed by atoms with van der Waals surface area (Å²) in [7, 11) is 0. The van der Waals surface area contributed by atoms with Crippen molar-refractivity contribution in [1.82, 2.24) is 14.7 Å². The minimum absolute atomic E-state index is 0.145. The molecule has 3 aliphatic rings. The van der Waals surface area contributed by atoms with Crippen molar-refractivity contribution < 1.29 is 23.8 Å². The van der Waals surface area contributed by atoms with E-state index < -0.39 is 0 Å².